The molecular weight excluding hydrogens is 304 g/mol. The van der Waals surface area contributed by atoms with Crippen molar-refractivity contribution in [3.8, 4) is 20.9 Å². The first-order chi connectivity index (χ1) is 10.7. The van der Waals surface area contributed by atoms with Crippen LogP contribution in [0.3, 0.4) is 0 Å². The van der Waals surface area contributed by atoms with Gasteiger partial charge >= 0.3 is 0 Å². The Bertz CT molecular complexity index is 930. The molecule has 22 heavy (non-hydrogen) atoms. The Balaban J connectivity index is 2.12. The van der Waals surface area contributed by atoms with Gasteiger partial charge in [-0.15, -0.1) is 22.7 Å². The Morgan fingerprint density at radius 2 is 1.45 bits per heavy atom. The van der Waals surface area contributed by atoms with Crippen LogP contribution in [0.4, 0.5) is 0 Å². The fraction of sp³-hybridized carbons (Fsp3) is 0.100. The van der Waals surface area contributed by atoms with Crippen LogP contribution >= 0.6 is 22.7 Å². The molecule has 0 N–H and O–H groups in total. The van der Waals surface area contributed by atoms with Crippen molar-refractivity contribution < 1.29 is 0 Å². The van der Waals surface area contributed by atoms with Crippen LogP contribution in [0.25, 0.3) is 31.7 Å². The number of thiophene rings is 2. The zero-order valence-corrected chi connectivity index (χ0v) is 14.2. The largest absolute Gasteiger partial charge is 0.144 e. The maximum Gasteiger partial charge on any atom is 0.0351 e. The molecule has 0 nitrogen and oxygen atoms in total. The van der Waals surface area contributed by atoms with Gasteiger partial charge in [-0.05, 0) is 64.7 Å². The lowest BCUT2D eigenvalue weighted by Crippen LogP contribution is -1.88. The van der Waals surface area contributed by atoms with E-state index in [1.165, 1.54) is 42.8 Å². The predicted octanol–water partition coefficient (Wildman–Crippen LogP) is 6.91. The highest BCUT2D eigenvalue weighted by Gasteiger charge is 2.14. The number of rotatable bonds is 2. The third-order valence-electron chi connectivity index (χ3n) is 4.04. The van der Waals surface area contributed by atoms with Gasteiger partial charge in [-0.1, -0.05) is 35.9 Å². The van der Waals surface area contributed by atoms with Crippen LogP contribution in [-0.4, -0.2) is 0 Å². The summed E-state index contributed by atoms with van der Waals surface area (Å²) in [7, 11) is 0. The molecule has 0 saturated carbocycles. The van der Waals surface area contributed by atoms with Crippen molar-refractivity contribution in [2.24, 2.45) is 0 Å². The van der Waals surface area contributed by atoms with E-state index in [1.54, 1.807) is 0 Å². The highest BCUT2D eigenvalue weighted by atomic mass is 32.1. The average molecular weight is 320 g/mol. The maximum absolute atomic E-state index is 2.35. The van der Waals surface area contributed by atoms with Gasteiger partial charge in [0.25, 0.3) is 0 Å². The highest BCUT2D eigenvalue weighted by Crippen LogP contribution is 2.41. The van der Waals surface area contributed by atoms with Crippen LogP contribution in [0.5, 0.6) is 0 Å². The molecule has 2 heteroatoms. The minimum absolute atomic E-state index is 1.31. The Hall–Kier alpha value is -1.90. The first kappa shape index (κ1) is 13.7. The molecular formula is C20H16S2. The molecule has 4 rings (SSSR count). The fourth-order valence-electron chi connectivity index (χ4n) is 3.06. The molecule has 0 aliphatic carbocycles. The molecule has 0 fully saturated rings. The van der Waals surface area contributed by atoms with Gasteiger partial charge in [-0.2, -0.15) is 0 Å². The van der Waals surface area contributed by atoms with E-state index in [2.05, 4.69) is 73.1 Å². The summed E-state index contributed by atoms with van der Waals surface area (Å²) < 4.78 is 0. The Kier molecular flexibility index (Phi) is 3.36. The summed E-state index contributed by atoms with van der Waals surface area (Å²) in [6.07, 6.45) is 0. The van der Waals surface area contributed by atoms with E-state index in [-0.39, 0.29) is 0 Å². The van der Waals surface area contributed by atoms with Gasteiger partial charge in [0, 0.05) is 15.3 Å². The Morgan fingerprint density at radius 3 is 2.14 bits per heavy atom. The Morgan fingerprint density at radius 1 is 0.727 bits per heavy atom. The number of aryl methyl sites for hydroxylation is 2. The van der Waals surface area contributed by atoms with Crippen molar-refractivity contribution in [3.63, 3.8) is 0 Å². The van der Waals surface area contributed by atoms with Crippen molar-refractivity contribution in [2.45, 2.75) is 13.8 Å². The first-order valence-corrected chi connectivity index (χ1v) is 9.12. The van der Waals surface area contributed by atoms with Crippen molar-refractivity contribution in [3.05, 3.63) is 70.4 Å². The van der Waals surface area contributed by atoms with Gasteiger partial charge in [0.15, 0.2) is 0 Å². The summed E-state index contributed by atoms with van der Waals surface area (Å²) in [5, 5.41) is 7.02. The zero-order chi connectivity index (χ0) is 15.1. The molecule has 0 aliphatic heterocycles. The van der Waals surface area contributed by atoms with E-state index in [0.29, 0.717) is 0 Å². The smallest absolute Gasteiger partial charge is 0.0351 e. The lowest BCUT2D eigenvalue weighted by atomic mass is 9.92. The Labute approximate surface area is 138 Å². The summed E-state index contributed by atoms with van der Waals surface area (Å²) in [6.45, 7) is 4.40. The maximum atomic E-state index is 2.35. The van der Waals surface area contributed by atoms with Crippen molar-refractivity contribution in [1.82, 2.24) is 0 Å². The molecule has 0 radical (unpaired) electrons. The molecule has 2 aromatic carbocycles. The minimum Gasteiger partial charge on any atom is -0.144 e. The van der Waals surface area contributed by atoms with Crippen LogP contribution in [0.15, 0.2) is 59.3 Å². The highest BCUT2D eigenvalue weighted by molar-refractivity contribution is 7.14. The second-order valence-corrected chi connectivity index (χ2v) is 7.52. The van der Waals surface area contributed by atoms with E-state index in [4.69, 9.17) is 0 Å². The summed E-state index contributed by atoms with van der Waals surface area (Å²) in [5.41, 5.74) is 5.39. The number of benzene rings is 2. The number of hydrogen-bond acceptors (Lipinski definition) is 2. The first-order valence-electron chi connectivity index (χ1n) is 7.36. The van der Waals surface area contributed by atoms with Gasteiger partial charge in [0.05, 0.1) is 0 Å². The van der Waals surface area contributed by atoms with E-state index in [1.807, 2.05) is 22.7 Å². The molecule has 0 amide bonds. The summed E-state index contributed by atoms with van der Waals surface area (Å²) in [5.74, 6) is 0. The second kappa shape index (κ2) is 5.38. The molecule has 0 unspecified atom stereocenters. The summed E-state index contributed by atoms with van der Waals surface area (Å²) in [4.78, 5) is 2.69. The monoisotopic (exact) mass is 320 g/mol. The predicted molar refractivity (Wildman–Crippen MR) is 100 cm³/mol. The van der Waals surface area contributed by atoms with Gasteiger partial charge in [0.2, 0.25) is 0 Å². The van der Waals surface area contributed by atoms with Crippen molar-refractivity contribution in [1.29, 1.82) is 0 Å². The fourth-order valence-corrected chi connectivity index (χ4v) is 4.67. The van der Waals surface area contributed by atoms with Gasteiger partial charge < -0.3 is 0 Å². The average Bonchev–Trinajstić information content (AvgIpc) is 3.20. The third-order valence-corrected chi connectivity index (χ3v) is 5.83. The van der Waals surface area contributed by atoms with Gasteiger partial charge in [-0.25, -0.2) is 0 Å². The molecule has 2 aromatic heterocycles. The lowest BCUT2D eigenvalue weighted by Gasteiger charge is -2.14. The van der Waals surface area contributed by atoms with Crippen LogP contribution < -0.4 is 0 Å². The van der Waals surface area contributed by atoms with Gasteiger partial charge in [0.1, 0.15) is 0 Å². The standard InChI is InChI=1S/C20H16S2/c1-13-7-8-15-16(11-13)17(18-5-3-9-21-18)12-14(2)20(15)19-6-4-10-22-19/h3-12H,1-2H3. The molecule has 4 aromatic rings. The van der Waals surface area contributed by atoms with Crippen LogP contribution in [0, 0.1) is 13.8 Å². The van der Waals surface area contributed by atoms with Crippen LogP contribution in [-0.2, 0) is 0 Å². The lowest BCUT2D eigenvalue weighted by molar-refractivity contribution is 1.47. The molecule has 108 valence electrons. The molecule has 0 aliphatic rings. The molecule has 0 saturated heterocycles. The van der Waals surface area contributed by atoms with E-state index < -0.39 is 0 Å². The minimum atomic E-state index is 1.31. The molecule has 0 spiro atoms. The third kappa shape index (κ3) is 2.20. The molecule has 0 bridgehead atoms. The number of fused-ring (bicyclic) bond motifs is 1. The van der Waals surface area contributed by atoms with Crippen molar-refractivity contribution >= 4 is 33.4 Å². The summed E-state index contributed by atoms with van der Waals surface area (Å²) in [6, 6.07) is 17.9. The summed E-state index contributed by atoms with van der Waals surface area (Å²) >= 11 is 3.63. The quantitative estimate of drug-likeness (QED) is 0.376. The SMILES string of the molecule is Cc1ccc2c(-c3cccs3)c(C)cc(-c3cccs3)c2c1. The van der Waals surface area contributed by atoms with E-state index in [9.17, 15) is 0 Å². The second-order valence-electron chi connectivity index (χ2n) is 5.62. The van der Waals surface area contributed by atoms with E-state index >= 15 is 0 Å². The van der Waals surface area contributed by atoms with Crippen LogP contribution in [0.2, 0.25) is 0 Å². The zero-order valence-electron chi connectivity index (χ0n) is 12.6. The van der Waals surface area contributed by atoms with E-state index in [0.717, 1.165) is 0 Å². The van der Waals surface area contributed by atoms with Gasteiger partial charge in [-0.3, -0.25) is 0 Å². The van der Waals surface area contributed by atoms with Crippen LogP contribution in [0.1, 0.15) is 11.1 Å². The molecule has 0 atom stereocenters. The van der Waals surface area contributed by atoms with Crippen molar-refractivity contribution in [2.75, 3.05) is 0 Å². The number of hydrogen-bond donors (Lipinski definition) is 0. The molecule has 2 heterocycles. The topological polar surface area (TPSA) is 0 Å². The normalized spacial score (nSPS) is 11.2.